The molecule has 1 N–H and O–H groups in total. The molecule has 3 rings (SSSR count). The Morgan fingerprint density at radius 2 is 2.05 bits per heavy atom. The number of nitrogens with one attached hydrogen (secondary N) is 1. The number of hydrogen-bond donors (Lipinski definition) is 1. The number of para-hydroxylation sites is 2. The van der Waals surface area contributed by atoms with E-state index in [0.717, 1.165) is 44.0 Å². The first kappa shape index (κ1) is 15.9. The molecule has 5 nitrogen and oxygen atoms in total. The second kappa shape index (κ2) is 6.62. The summed E-state index contributed by atoms with van der Waals surface area (Å²) < 4.78 is 14.5. The van der Waals surface area contributed by atoms with Crippen LogP contribution in [0, 0.1) is 5.41 Å². The van der Waals surface area contributed by atoms with Crippen molar-refractivity contribution in [1.29, 1.82) is 0 Å². The standard InChI is InChI=1S/C16H21IN2O3/c1-16(15(20)18-17)6-8-19(9-7-16)10-12-11-21-13-4-2-3-5-14(13)22-12/h2-5,12H,6-11H2,1H3,(H,18,20)/t12-/m0/s1. The van der Waals surface area contributed by atoms with E-state index in [-0.39, 0.29) is 17.4 Å². The van der Waals surface area contributed by atoms with Crippen LogP contribution in [0.3, 0.4) is 0 Å². The number of likely N-dealkylation sites (tertiary alicyclic amines) is 1. The maximum absolute atomic E-state index is 11.9. The molecule has 0 spiro atoms. The minimum absolute atomic E-state index is 0.0534. The van der Waals surface area contributed by atoms with Crippen molar-refractivity contribution in [2.24, 2.45) is 5.41 Å². The molecule has 1 aromatic carbocycles. The van der Waals surface area contributed by atoms with Crippen molar-refractivity contribution in [2.45, 2.75) is 25.9 Å². The Morgan fingerprint density at radius 3 is 2.73 bits per heavy atom. The van der Waals surface area contributed by atoms with Crippen molar-refractivity contribution < 1.29 is 14.3 Å². The zero-order valence-electron chi connectivity index (χ0n) is 12.7. The fourth-order valence-corrected chi connectivity index (χ4v) is 3.66. The predicted molar refractivity (Wildman–Crippen MR) is 92.3 cm³/mol. The lowest BCUT2D eigenvalue weighted by atomic mass is 9.80. The maximum atomic E-state index is 11.9. The molecule has 6 heteroatoms. The van der Waals surface area contributed by atoms with Crippen molar-refractivity contribution in [3.8, 4) is 11.5 Å². The Kier molecular flexibility index (Phi) is 4.77. The van der Waals surface area contributed by atoms with Gasteiger partial charge in [-0.05, 0) is 38.1 Å². The summed E-state index contributed by atoms with van der Waals surface area (Å²) in [4.78, 5) is 14.3. The van der Waals surface area contributed by atoms with Crippen LogP contribution in [0.5, 0.6) is 11.5 Å². The Bertz CT molecular complexity index is 544. The molecule has 120 valence electrons. The SMILES string of the molecule is CC1(C(=O)NI)CCN(C[C@H]2COc3ccccc3O2)CC1. The van der Waals surface area contributed by atoms with Crippen LogP contribution in [0.1, 0.15) is 19.8 Å². The molecule has 0 aromatic heterocycles. The van der Waals surface area contributed by atoms with Gasteiger partial charge in [-0.25, -0.2) is 0 Å². The van der Waals surface area contributed by atoms with E-state index in [0.29, 0.717) is 6.61 Å². The first-order valence-corrected chi connectivity index (χ1v) is 8.70. The molecule has 0 unspecified atom stereocenters. The highest BCUT2D eigenvalue weighted by molar-refractivity contribution is 14.1. The maximum Gasteiger partial charge on any atom is 0.234 e. The first-order chi connectivity index (χ1) is 10.6. The Balaban J connectivity index is 1.53. The van der Waals surface area contributed by atoms with Crippen LogP contribution in [-0.4, -0.2) is 43.2 Å². The van der Waals surface area contributed by atoms with Gasteiger partial charge in [-0.2, -0.15) is 0 Å². The lowest BCUT2D eigenvalue weighted by molar-refractivity contribution is -0.130. The second-order valence-electron chi connectivity index (χ2n) is 6.28. The van der Waals surface area contributed by atoms with Crippen LogP contribution in [0.2, 0.25) is 0 Å². The van der Waals surface area contributed by atoms with Crippen LogP contribution in [0.15, 0.2) is 24.3 Å². The second-order valence-corrected chi connectivity index (χ2v) is 6.82. The Labute approximate surface area is 144 Å². The summed E-state index contributed by atoms with van der Waals surface area (Å²) in [6.45, 7) is 5.31. The molecule has 2 aliphatic rings. The minimum atomic E-state index is -0.242. The third kappa shape index (κ3) is 3.32. The number of benzene rings is 1. The molecule has 0 aliphatic carbocycles. The van der Waals surface area contributed by atoms with E-state index in [1.54, 1.807) is 0 Å². The predicted octanol–water partition coefficient (Wildman–Crippen LogP) is 2.39. The largest absolute Gasteiger partial charge is 0.486 e. The number of fused-ring (bicyclic) bond motifs is 1. The van der Waals surface area contributed by atoms with Gasteiger partial charge in [0.05, 0.1) is 22.9 Å². The van der Waals surface area contributed by atoms with Crippen LogP contribution in [-0.2, 0) is 4.79 Å². The fourth-order valence-electron chi connectivity index (χ4n) is 3.01. The molecule has 1 saturated heterocycles. The summed E-state index contributed by atoms with van der Waals surface area (Å²) in [5.41, 5.74) is -0.242. The number of piperidine rings is 1. The van der Waals surface area contributed by atoms with E-state index in [1.165, 1.54) is 0 Å². The number of nitrogens with zero attached hydrogens (tertiary/aromatic N) is 1. The normalized spacial score (nSPS) is 23.8. The summed E-state index contributed by atoms with van der Waals surface area (Å²) in [7, 11) is 0. The Hall–Kier alpha value is -1.02. The molecule has 1 atom stereocenters. The quantitative estimate of drug-likeness (QED) is 0.608. The average molecular weight is 416 g/mol. The highest BCUT2D eigenvalue weighted by atomic mass is 127. The summed E-state index contributed by atoms with van der Waals surface area (Å²) in [5.74, 6) is 1.78. The summed E-state index contributed by atoms with van der Waals surface area (Å²) in [6, 6.07) is 7.78. The number of hydrogen-bond acceptors (Lipinski definition) is 4. The number of carbonyl (C=O) groups excluding carboxylic acids is 1. The van der Waals surface area contributed by atoms with Crippen molar-refractivity contribution in [1.82, 2.24) is 8.43 Å². The lowest BCUT2D eigenvalue weighted by Gasteiger charge is -2.39. The van der Waals surface area contributed by atoms with Gasteiger partial charge in [-0.15, -0.1) is 0 Å². The zero-order chi connectivity index (χ0) is 15.6. The van der Waals surface area contributed by atoms with Gasteiger partial charge in [0, 0.05) is 12.0 Å². The van der Waals surface area contributed by atoms with Crippen molar-refractivity contribution in [3.05, 3.63) is 24.3 Å². The van der Waals surface area contributed by atoms with Gasteiger partial charge in [-0.3, -0.25) is 13.2 Å². The van der Waals surface area contributed by atoms with E-state index in [9.17, 15) is 4.79 Å². The molecule has 0 saturated carbocycles. The van der Waals surface area contributed by atoms with Crippen molar-refractivity contribution in [3.63, 3.8) is 0 Å². The highest BCUT2D eigenvalue weighted by Crippen LogP contribution is 2.33. The van der Waals surface area contributed by atoms with E-state index in [4.69, 9.17) is 9.47 Å². The molecule has 22 heavy (non-hydrogen) atoms. The van der Waals surface area contributed by atoms with Crippen LogP contribution in [0.4, 0.5) is 0 Å². The molecular weight excluding hydrogens is 395 g/mol. The van der Waals surface area contributed by atoms with E-state index in [1.807, 2.05) is 47.1 Å². The number of halogens is 1. The zero-order valence-corrected chi connectivity index (χ0v) is 14.8. The minimum Gasteiger partial charge on any atom is -0.486 e. The summed E-state index contributed by atoms with van der Waals surface area (Å²) in [5, 5.41) is 0. The van der Waals surface area contributed by atoms with Gasteiger partial charge in [0.2, 0.25) is 5.91 Å². The van der Waals surface area contributed by atoms with Gasteiger partial charge >= 0.3 is 0 Å². The number of rotatable bonds is 3. The van der Waals surface area contributed by atoms with Crippen molar-refractivity contribution >= 4 is 28.8 Å². The van der Waals surface area contributed by atoms with E-state index >= 15 is 0 Å². The first-order valence-electron chi connectivity index (χ1n) is 7.63. The van der Waals surface area contributed by atoms with Crippen LogP contribution >= 0.6 is 22.9 Å². The molecule has 2 heterocycles. The van der Waals surface area contributed by atoms with Crippen LogP contribution < -0.4 is 13.0 Å². The number of amides is 1. The summed E-state index contributed by atoms with van der Waals surface area (Å²) >= 11 is 1.93. The van der Waals surface area contributed by atoms with Gasteiger partial charge in [0.25, 0.3) is 0 Å². The van der Waals surface area contributed by atoms with Crippen LogP contribution in [0.25, 0.3) is 0 Å². The molecular formula is C16H21IN2O3. The van der Waals surface area contributed by atoms with E-state index < -0.39 is 0 Å². The van der Waals surface area contributed by atoms with E-state index in [2.05, 4.69) is 15.4 Å². The number of carbonyl (C=O) groups is 1. The molecule has 0 bridgehead atoms. The number of ether oxygens (including phenoxy) is 2. The van der Waals surface area contributed by atoms with Gasteiger partial charge in [0.15, 0.2) is 11.5 Å². The summed E-state index contributed by atoms with van der Waals surface area (Å²) in [6.07, 6.45) is 1.82. The van der Waals surface area contributed by atoms with Gasteiger partial charge in [-0.1, -0.05) is 19.1 Å². The van der Waals surface area contributed by atoms with Crippen molar-refractivity contribution in [2.75, 3.05) is 26.2 Å². The molecule has 1 aromatic rings. The molecule has 0 radical (unpaired) electrons. The average Bonchev–Trinajstić information content (AvgIpc) is 2.56. The third-order valence-electron chi connectivity index (χ3n) is 4.62. The monoisotopic (exact) mass is 416 g/mol. The Morgan fingerprint density at radius 1 is 1.36 bits per heavy atom. The lowest BCUT2D eigenvalue weighted by Crippen LogP contribution is -2.49. The highest BCUT2D eigenvalue weighted by Gasteiger charge is 2.37. The molecule has 1 fully saturated rings. The fraction of sp³-hybridized carbons (Fsp3) is 0.562. The van der Waals surface area contributed by atoms with Gasteiger partial charge in [0.1, 0.15) is 12.7 Å². The topological polar surface area (TPSA) is 50.8 Å². The smallest absolute Gasteiger partial charge is 0.234 e. The third-order valence-corrected chi connectivity index (χ3v) is 5.11. The molecule has 2 aliphatic heterocycles. The molecule has 1 amide bonds. The van der Waals surface area contributed by atoms with Gasteiger partial charge < -0.3 is 9.47 Å².